The molecular weight excluding hydrogens is 288 g/mol. The van der Waals surface area contributed by atoms with Gasteiger partial charge in [-0.1, -0.05) is 6.07 Å². The van der Waals surface area contributed by atoms with Gasteiger partial charge in [-0.25, -0.2) is 9.69 Å². The topological polar surface area (TPSA) is 87.2 Å². The lowest BCUT2D eigenvalue weighted by atomic mass is 10.2. The van der Waals surface area contributed by atoms with Crippen molar-refractivity contribution < 1.29 is 24.2 Å². The predicted molar refractivity (Wildman–Crippen MR) is 76.7 cm³/mol. The average Bonchev–Trinajstić information content (AvgIpc) is 2.83. The number of aromatic carboxylic acids is 1. The summed E-state index contributed by atoms with van der Waals surface area (Å²) >= 11 is 0. The highest BCUT2D eigenvalue weighted by Gasteiger charge is 2.43. The molecule has 1 N–H and O–H groups in total. The molecule has 1 aromatic carbocycles. The first-order chi connectivity index (χ1) is 10.6. The molecule has 7 nitrogen and oxygen atoms in total. The third-order valence-electron chi connectivity index (χ3n) is 3.96. The molecule has 0 aromatic heterocycles. The van der Waals surface area contributed by atoms with Crippen molar-refractivity contribution in [1.82, 2.24) is 4.90 Å². The highest BCUT2D eigenvalue weighted by molar-refractivity contribution is 6.22. The van der Waals surface area contributed by atoms with Crippen molar-refractivity contribution in [3.05, 3.63) is 29.8 Å². The number of nitrogens with zero attached hydrogens (tertiary/aromatic N) is 2. The van der Waals surface area contributed by atoms with Gasteiger partial charge in [0.2, 0.25) is 5.91 Å². The van der Waals surface area contributed by atoms with Crippen LogP contribution in [0.15, 0.2) is 24.3 Å². The smallest absolute Gasteiger partial charge is 0.335 e. The Hall–Kier alpha value is -2.25. The van der Waals surface area contributed by atoms with Crippen LogP contribution in [0.4, 0.5) is 5.69 Å². The molecule has 2 heterocycles. The van der Waals surface area contributed by atoms with Gasteiger partial charge in [-0.3, -0.25) is 14.5 Å². The molecule has 3 rings (SSSR count). The molecule has 2 saturated heterocycles. The minimum atomic E-state index is -1.09. The maximum Gasteiger partial charge on any atom is 0.335 e. The number of morpholine rings is 1. The maximum atomic E-state index is 12.6. The van der Waals surface area contributed by atoms with E-state index in [0.717, 1.165) is 4.90 Å². The van der Waals surface area contributed by atoms with E-state index in [9.17, 15) is 14.4 Å². The molecule has 2 amide bonds. The van der Waals surface area contributed by atoms with Crippen LogP contribution in [0.25, 0.3) is 0 Å². The van der Waals surface area contributed by atoms with Gasteiger partial charge in [-0.05, 0) is 18.2 Å². The highest BCUT2D eigenvalue weighted by atomic mass is 16.5. The molecule has 7 heteroatoms. The molecule has 0 bridgehead atoms. The van der Waals surface area contributed by atoms with E-state index in [1.807, 2.05) is 4.90 Å². The number of carboxylic acids is 1. The van der Waals surface area contributed by atoms with E-state index in [-0.39, 0.29) is 23.8 Å². The van der Waals surface area contributed by atoms with Crippen molar-refractivity contribution in [2.24, 2.45) is 0 Å². The number of ether oxygens (including phenoxy) is 1. The standard InChI is InChI=1S/C15H16N2O5/c18-13-9-12(16-4-6-22-7-5-16)14(19)17(13)11-3-1-2-10(8-11)15(20)21/h1-3,8,12H,4-7,9H2,(H,20,21)/t12-/m0/s1. The molecule has 0 radical (unpaired) electrons. The Morgan fingerprint density at radius 1 is 1.23 bits per heavy atom. The SMILES string of the molecule is O=C(O)c1cccc(N2C(=O)C[C@H](N3CCOCC3)C2=O)c1. The van der Waals surface area contributed by atoms with E-state index in [0.29, 0.717) is 32.0 Å². The number of carbonyl (C=O) groups is 3. The molecular formula is C15H16N2O5. The van der Waals surface area contributed by atoms with Gasteiger partial charge in [-0.2, -0.15) is 0 Å². The quantitative estimate of drug-likeness (QED) is 0.811. The molecule has 0 saturated carbocycles. The lowest BCUT2D eigenvalue weighted by Crippen LogP contribution is -2.47. The Kier molecular flexibility index (Phi) is 3.91. The first-order valence-electron chi connectivity index (χ1n) is 7.10. The van der Waals surface area contributed by atoms with Crippen molar-refractivity contribution in [3.8, 4) is 0 Å². The van der Waals surface area contributed by atoms with Gasteiger partial charge in [-0.15, -0.1) is 0 Å². The van der Waals surface area contributed by atoms with E-state index in [2.05, 4.69) is 0 Å². The Morgan fingerprint density at radius 3 is 2.64 bits per heavy atom. The first kappa shape index (κ1) is 14.7. The molecule has 0 aliphatic carbocycles. The summed E-state index contributed by atoms with van der Waals surface area (Å²) in [5.41, 5.74) is 0.360. The predicted octanol–water partition coefficient (Wildman–Crippen LogP) is 0.349. The number of amides is 2. The van der Waals surface area contributed by atoms with Crippen LogP contribution in [0.3, 0.4) is 0 Å². The van der Waals surface area contributed by atoms with Crippen molar-refractivity contribution >= 4 is 23.5 Å². The van der Waals surface area contributed by atoms with Crippen LogP contribution < -0.4 is 4.90 Å². The Labute approximate surface area is 127 Å². The number of carboxylic acid groups (broad SMARTS) is 1. The summed E-state index contributed by atoms with van der Waals surface area (Å²) in [6.45, 7) is 2.33. The number of hydrogen-bond acceptors (Lipinski definition) is 5. The summed E-state index contributed by atoms with van der Waals surface area (Å²) in [5, 5.41) is 9.03. The van der Waals surface area contributed by atoms with Crippen LogP contribution in [-0.2, 0) is 14.3 Å². The first-order valence-corrected chi connectivity index (χ1v) is 7.10. The molecule has 2 aliphatic rings. The minimum absolute atomic E-state index is 0.0490. The summed E-state index contributed by atoms with van der Waals surface area (Å²) in [7, 11) is 0. The van der Waals surface area contributed by atoms with Gasteiger partial charge < -0.3 is 9.84 Å². The maximum absolute atomic E-state index is 12.6. The van der Waals surface area contributed by atoms with Crippen LogP contribution in [0.1, 0.15) is 16.8 Å². The fourth-order valence-electron chi connectivity index (χ4n) is 2.84. The summed E-state index contributed by atoms with van der Waals surface area (Å²) in [6, 6.07) is 5.39. The number of carbonyl (C=O) groups excluding carboxylic acids is 2. The summed E-state index contributed by atoms with van der Waals surface area (Å²) < 4.78 is 5.26. The van der Waals surface area contributed by atoms with Crippen molar-refractivity contribution in [3.63, 3.8) is 0 Å². The molecule has 2 fully saturated rings. The van der Waals surface area contributed by atoms with E-state index in [1.54, 1.807) is 6.07 Å². The Morgan fingerprint density at radius 2 is 1.95 bits per heavy atom. The van der Waals surface area contributed by atoms with Crippen molar-refractivity contribution in [1.29, 1.82) is 0 Å². The highest BCUT2D eigenvalue weighted by Crippen LogP contribution is 2.26. The molecule has 2 aliphatic heterocycles. The lowest BCUT2D eigenvalue weighted by molar-refractivity contribution is -0.123. The molecule has 22 heavy (non-hydrogen) atoms. The van der Waals surface area contributed by atoms with Gasteiger partial charge in [0.25, 0.3) is 5.91 Å². The van der Waals surface area contributed by atoms with Gasteiger partial charge in [0.05, 0.1) is 36.9 Å². The van der Waals surface area contributed by atoms with Gasteiger partial charge in [0.15, 0.2) is 0 Å². The second kappa shape index (κ2) is 5.86. The summed E-state index contributed by atoms with van der Waals surface area (Å²) in [6.07, 6.45) is 0.121. The number of rotatable bonds is 3. The van der Waals surface area contributed by atoms with E-state index >= 15 is 0 Å². The zero-order chi connectivity index (χ0) is 15.7. The van der Waals surface area contributed by atoms with Gasteiger partial charge in [0.1, 0.15) is 0 Å². The average molecular weight is 304 g/mol. The van der Waals surface area contributed by atoms with Crippen LogP contribution in [0.5, 0.6) is 0 Å². The third-order valence-corrected chi connectivity index (χ3v) is 3.96. The summed E-state index contributed by atoms with van der Waals surface area (Å²) in [4.78, 5) is 38.9. The molecule has 1 aromatic rings. The van der Waals surface area contributed by atoms with Crippen LogP contribution in [0, 0.1) is 0 Å². The second-order valence-corrected chi connectivity index (χ2v) is 5.29. The summed E-state index contributed by atoms with van der Waals surface area (Å²) in [5.74, 6) is -1.69. The monoisotopic (exact) mass is 304 g/mol. The third kappa shape index (κ3) is 2.60. The number of benzene rings is 1. The molecule has 0 spiro atoms. The fraction of sp³-hybridized carbons (Fsp3) is 0.400. The lowest BCUT2D eigenvalue weighted by Gasteiger charge is -2.30. The zero-order valence-electron chi connectivity index (χ0n) is 11.9. The zero-order valence-corrected chi connectivity index (χ0v) is 11.9. The van der Waals surface area contributed by atoms with Gasteiger partial charge in [0, 0.05) is 13.1 Å². The second-order valence-electron chi connectivity index (χ2n) is 5.29. The minimum Gasteiger partial charge on any atom is -0.478 e. The largest absolute Gasteiger partial charge is 0.478 e. The molecule has 116 valence electrons. The van der Waals surface area contributed by atoms with Crippen LogP contribution in [0.2, 0.25) is 0 Å². The van der Waals surface area contributed by atoms with E-state index in [1.165, 1.54) is 18.2 Å². The number of anilines is 1. The number of hydrogen-bond donors (Lipinski definition) is 1. The van der Waals surface area contributed by atoms with Crippen LogP contribution in [-0.4, -0.2) is 60.1 Å². The van der Waals surface area contributed by atoms with E-state index < -0.39 is 12.0 Å². The number of imide groups is 1. The van der Waals surface area contributed by atoms with Gasteiger partial charge >= 0.3 is 5.97 Å². The molecule has 1 atom stereocenters. The fourth-order valence-corrected chi connectivity index (χ4v) is 2.84. The molecule has 0 unspecified atom stereocenters. The van der Waals surface area contributed by atoms with E-state index in [4.69, 9.17) is 9.84 Å². The van der Waals surface area contributed by atoms with Crippen molar-refractivity contribution in [2.45, 2.75) is 12.5 Å². The Balaban J connectivity index is 1.85. The normalized spacial score (nSPS) is 23.1. The Bertz CT molecular complexity index is 624. The van der Waals surface area contributed by atoms with Crippen LogP contribution >= 0.6 is 0 Å². The van der Waals surface area contributed by atoms with Crippen molar-refractivity contribution in [2.75, 3.05) is 31.2 Å².